The Hall–Kier alpha value is -3.81. The highest BCUT2D eigenvalue weighted by Gasteiger charge is 2.24. The molecule has 0 spiro atoms. The van der Waals surface area contributed by atoms with Gasteiger partial charge >= 0.3 is 5.97 Å². The summed E-state index contributed by atoms with van der Waals surface area (Å²) in [6.07, 6.45) is 0. The summed E-state index contributed by atoms with van der Waals surface area (Å²) in [6.45, 7) is 7.05. The number of nitrogens with one attached hydrogen (secondary N) is 1. The van der Waals surface area contributed by atoms with Gasteiger partial charge in [0.05, 0.1) is 27.8 Å². The molecule has 0 saturated heterocycles. The topological polar surface area (TPSA) is 135 Å². The number of phenols is 1. The molecule has 0 saturated carbocycles. The van der Waals surface area contributed by atoms with Crippen molar-refractivity contribution >= 4 is 28.5 Å². The van der Waals surface area contributed by atoms with E-state index in [4.69, 9.17) is 10.5 Å². The number of aromatic carboxylic acids is 1. The minimum absolute atomic E-state index is 0.0162. The maximum absolute atomic E-state index is 12.6. The molecular weight excluding hydrogens is 398 g/mol. The quantitative estimate of drug-likeness (QED) is 0.477. The van der Waals surface area contributed by atoms with Crippen LogP contribution in [0, 0.1) is 13.8 Å². The molecule has 1 amide bonds. The van der Waals surface area contributed by atoms with Gasteiger partial charge < -0.3 is 26.0 Å². The van der Waals surface area contributed by atoms with Crippen LogP contribution in [0.25, 0.3) is 10.9 Å². The summed E-state index contributed by atoms with van der Waals surface area (Å²) in [5.41, 5.74) is 7.35. The van der Waals surface area contributed by atoms with E-state index in [0.717, 1.165) is 5.56 Å². The first-order chi connectivity index (χ1) is 14.5. The van der Waals surface area contributed by atoms with Gasteiger partial charge in [0, 0.05) is 5.56 Å². The summed E-state index contributed by atoms with van der Waals surface area (Å²) in [5.74, 6) is -1.12. The summed E-state index contributed by atoms with van der Waals surface area (Å²) in [4.78, 5) is 28.6. The minimum atomic E-state index is -1.16. The normalized spacial score (nSPS) is 11.4. The molecule has 0 bridgehead atoms. The Kier molecular flexibility index (Phi) is 5.75. The number of hydrogen-bond acceptors (Lipinski definition) is 6. The van der Waals surface area contributed by atoms with E-state index < -0.39 is 11.5 Å². The number of carboxylic acids is 1. The predicted molar refractivity (Wildman–Crippen MR) is 118 cm³/mol. The molecule has 0 atom stereocenters. The number of anilines is 1. The fourth-order valence-electron chi connectivity index (χ4n) is 3.40. The highest BCUT2D eigenvalue weighted by molar-refractivity contribution is 6.06. The second-order valence-corrected chi connectivity index (χ2v) is 8.13. The Bertz CT molecular complexity index is 1170. The number of nitrogen functional groups attached to an aromatic ring is 1. The molecule has 0 aliphatic carbocycles. The third-order valence-corrected chi connectivity index (χ3v) is 4.77. The lowest BCUT2D eigenvalue weighted by Crippen LogP contribution is -2.47. The zero-order valence-corrected chi connectivity index (χ0v) is 17.8. The third kappa shape index (κ3) is 4.69. The van der Waals surface area contributed by atoms with Gasteiger partial charge in [-0.25, -0.2) is 4.79 Å². The molecule has 0 unspecified atom stereocenters. The highest BCUT2D eigenvalue weighted by atomic mass is 16.5. The van der Waals surface area contributed by atoms with Gasteiger partial charge in [-0.3, -0.25) is 9.78 Å². The largest absolute Gasteiger partial charge is 0.508 e. The summed E-state index contributed by atoms with van der Waals surface area (Å²) in [5, 5.41) is 22.5. The number of carboxylic acid groups (broad SMARTS) is 1. The number of benzene rings is 2. The molecule has 3 aromatic rings. The molecule has 0 fully saturated rings. The first-order valence-electron chi connectivity index (χ1n) is 9.66. The first-order valence-corrected chi connectivity index (χ1v) is 9.66. The Morgan fingerprint density at radius 3 is 2.55 bits per heavy atom. The van der Waals surface area contributed by atoms with E-state index in [1.807, 2.05) is 0 Å². The fraction of sp³-hybridized carbons (Fsp3) is 0.261. The van der Waals surface area contributed by atoms with Gasteiger partial charge in [0.1, 0.15) is 23.7 Å². The highest BCUT2D eigenvalue weighted by Crippen LogP contribution is 2.33. The van der Waals surface area contributed by atoms with Gasteiger partial charge in [0.2, 0.25) is 0 Å². The second kappa shape index (κ2) is 8.14. The van der Waals surface area contributed by atoms with E-state index in [1.54, 1.807) is 58.0 Å². The van der Waals surface area contributed by atoms with Crippen molar-refractivity contribution in [2.75, 3.05) is 12.3 Å². The van der Waals surface area contributed by atoms with Crippen molar-refractivity contribution in [1.29, 1.82) is 0 Å². The zero-order valence-electron chi connectivity index (χ0n) is 17.8. The number of ether oxygens (including phenoxy) is 1. The van der Waals surface area contributed by atoms with Crippen LogP contribution in [-0.4, -0.2) is 39.2 Å². The fourth-order valence-corrected chi connectivity index (χ4v) is 3.40. The Morgan fingerprint density at radius 2 is 1.90 bits per heavy atom. The second-order valence-electron chi connectivity index (χ2n) is 8.13. The van der Waals surface area contributed by atoms with E-state index in [9.17, 15) is 19.8 Å². The summed E-state index contributed by atoms with van der Waals surface area (Å²) in [7, 11) is 0. The first kappa shape index (κ1) is 21.9. The van der Waals surface area contributed by atoms with Crippen molar-refractivity contribution in [2.45, 2.75) is 33.2 Å². The number of pyridine rings is 1. The van der Waals surface area contributed by atoms with E-state index in [0.29, 0.717) is 27.9 Å². The number of aromatic nitrogens is 1. The number of rotatable bonds is 6. The van der Waals surface area contributed by atoms with Gasteiger partial charge in [0.15, 0.2) is 0 Å². The van der Waals surface area contributed by atoms with Crippen molar-refractivity contribution in [3.05, 3.63) is 58.8 Å². The molecule has 1 aromatic heterocycles. The van der Waals surface area contributed by atoms with Gasteiger partial charge in [-0.2, -0.15) is 0 Å². The third-order valence-electron chi connectivity index (χ3n) is 4.77. The number of fused-ring (bicyclic) bond motifs is 1. The molecule has 31 heavy (non-hydrogen) atoms. The van der Waals surface area contributed by atoms with Crippen LogP contribution in [0.5, 0.6) is 11.5 Å². The van der Waals surface area contributed by atoms with Gasteiger partial charge in [-0.15, -0.1) is 0 Å². The van der Waals surface area contributed by atoms with Crippen LogP contribution < -0.4 is 15.8 Å². The van der Waals surface area contributed by atoms with Crippen LogP contribution in [0.1, 0.15) is 45.8 Å². The van der Waals surface area contributed by atoms with Gasteiger partial charge in [-0.05, 0) is 63.6 Å². The molecule has 8 heteroatoms. The molecule has 3 rings (SSSR count). The summed E-state index contributed by atoms with van der Waals surface area (Å²) >= 11 is 0. The van der Waals surface area contributed by atoms with Gasteiger partial charge in [0.25, 0.3) is 5.91 Å². The Balaban J connectivity index is 1.85. The molecule has 8 nitrogen and oxygen atoms in total. The lowest BCUT2D eigenvalue weighted by Gasteiger charge is -2.27. The minimum Gasteiger partial charge on any atom is -0.508 e. The Morgan fingerprint density at radius 1 is 1.19 bits per heavy atom. The maximum Gasteiger partial charge on any atom is 0.339 e. The molecule has 0 aliphatic rings. The molecular formula is C23H25N3O5. The van der Waals surface area contributed by atoms with Crippen molar-refractivity contribution in [1.82, 2.24) is 10.3 Å². The standard InChI is InChI=1S/C23H25N3O5/c1-12-8-14(10-15(27)9-12)21(28)26-23(3,4)11-31-17-7-5-6-16-19(17)20(24)18(22(29)30)13(2)25-16/h5-10,27H,11H2,1-4H3,(H2,24,25)(H,26,28)(H,29,30). The maximum atomic E-state index is 12.6. The van der Waals surface area contributed by atoms with E-state index >= 15 is 0 Å². The summed E-state index contributed by atoms with van der Waals surface area (Å²) < 4.78 is 5.95. The van der Waals surface area contributed by atoms with Crippen molar-refractivity contribution in [2.24, 2.45) is 0 Å². The molecule has 162 valence electrons. The number of carbonyl (C=O) groups excluding carboxylic acids is 1. The number of carbonyl (C=O) groups is 2. The number of aromatic hydroxyl groups is 1. The summed E-state index contributed by atoms with van der Waals surface area (Å²) in [6, 6.07) is 9.79. The number of amides is 1. The van der Waals surface area contributed by atoms with Crippen LogP contribution in [0.3, 0.4) is 0 Å². The SMILES string of the molecule is Cc1cc(O)cc(C(=O)NC(C)(C)COc2cccc3nc(C)c(C(=O)O)c(N)c23)c1. The monoisotopic (exact) mass is 423 g/mol. The number of nitrogens with zero attached hydrogens (tertiary/aromatic N) is 1. The van der Waals surface area contributed by atoms with Crippen molar-refractivity contribution < 1.29 is 24.5 Å². The Labute approximate surface area is 179 Å². The molecule has 0 aliphatic heterocycles. The molecule has 2 aromatic carbocycles. The lowest BCUT2D eigenvalue weighted by molar-refractivity contribution is 0.0696. The molecule has 5 N–H and O–H groups in total. The van der Waals surface area contributed by atoms with Crippen LogP contribution in [0.15, 0.2) is 36.4 Å². The van der Waals surface area contributed by atoms with Crippen LogP contribution in [0.4, 0.5) is 5.69 Å². The van der Waals surface area contributed by atoms with Crippen LogP contribution in [0.2, 0.25) is 0 Å². The van der Waals surface area contributed by atoms with Crippen LogP contribution in [-0.2, 0) is 0 Å². The van der Waals surface area contributed by atoms with Crippen LogP contribution >= 0.6 is 0 Å². The van der Waals surface area contributed by atoms with Gasteiger partial charge in [-0.1, -0.05) is 6.07 Å². The van der Waals surface area contributed by atoms with Crippen molar-refractivity contribution in [3.63, 3.8) is 0 Å². The predicted octanol–water partition coefficient (Wildman–Crippen LogP) is 3.43. The van der Waals surface area contributed by atoms with Crippen molar-refractivity contribution in [3.8, 4) is 11.5 Å². The lowest BCUT2D eigenvalue weighted by atomic mass is 10.0. The number of nitrogens with two attached hydrogens (primary N) is 1. The zero-order chi connectivity index (χ0) is 22.9. The molecule has 0 radical (unpaired) electrons. The van der Waals surface area contributed by atoms with E-state index in [1.165, 1.54) is 6.07 Å². The molecule has 1 heterocycles. The average Bonchev–Trinajstić information content (AvgIpc) is 2.64. The average molecular weight is 423 g/mol. The number of hydrogen-bond donors (Lipinski definition) is 4. The number of phenolic OH excluding ortho intramolecular Hbond substituents is 1. The smallest absolute Gasteiger partial charge is 0.339 e. The van der Waals surface area contributed by atoms with E-state index in [-0.39, 0.29) is 29.5 Å². The van der Waals surface area contributed by atoms with E-state index in [2.05, 4.69) is 10.3 Å². The number of aryl methyl sites for hydroxylation is 2.